The summed E-state index contributed by atoms with van der Waals surface area (Å²) in [5, 5.41) is 8.90. The highest BCUT2D eigenvalue weighted by Crippen LogP contribution is 2.11. The van der Waals surface area contributed by atoms with E-state index in [-0.39, 0.29) is 11.4 Å². The minimum atomic E-state index is -0.581. The van der Waals surface area contributed by atoms with Gasteiger partial charge in [-0.15, -0.1) is 0 Å². The zero-order chi connectivity index (χ0) is 8.43. The molecule has 0 bridgehead atoms. The Labute approximate surface area is 63.7 Å². The molecule has 1 heterocycles. The van der Waals surface area contributed by atoms with E-state index in [0.29, 0.717) is 5.56 Å². The molecule has 1 aromatic rings. The number of nitrogens with two attached hydrogens (primary N) is 1. The van der Waals surface area contributed by atoms with Crippen LogP contribution in [0.5, 0.6) is 5.75 Å². The molecule has 0 fully saturated rings. The van der Waals surface area contributed by atoms with E-state index in [1.165, 1.54) is 12.3 Å². The molecular weight excluding hydrogens is 144 g/mol. The number of carbonyl (C=O) groups is 1. The predicted octanol–water partition coefficient (Wildman–Crippen LogP) is 0.195. The average Bonchev–Trinajstić information content (AvgIpc) is 1.85. The molecule has 0 aliphatic rings. The van der Waals surface area contributed by atoms with Crippen molar-refractivity contribution in [1.82, 2.24) is 4.98 Å². The number of primary amides is 1. The van der Waals surface area contributed by atoms with Crippen molar-refractivity contribution < 1.29 is 9.90 Å². The van der Waals surface area contributed by atoms with Crippen LogP contribution < -0.4 is 5.73 Å². The second kappa shape index (κ2) is 2.57. The Bertz CT molecular complexity index is 296. The van der Waals surface area contributed by atoms with E-state index in [1.807, 2.05) is 0 Å². The van der Waals surface area contributed by atoms with Crippen molar-refractivity contribution >= 4 is 5.91 Å². The lowest BCUT2D eigenvalue weighted by atomic mass is 10.2. The lowest BCUT2D eigenvalue weighted by molar-refractivity contribution is 0.0995. The molecule has 0 saturated carbocycles. The van der Waals surface area contributed by atoms with Gasteiger partial charge in [0.25, 0.3) is 5.91 Å². The Hall–Kier alpha value is -1.58. The highest BCUT2D eigenvalue weighted by molar-refractivity contribution is 5.92. The Morgan fingerprint density at radius 2 is 2.36 bits per heavy atom. The van der Waals surface area contributed by atoms with Crippen LogP contribution in [0, 0.1) is 6.92 Å². The summed E-state index contributed by atoms with van der Waals surface area (Å²) in [7, 11) is 0. The molecule has 1 amide bonds. The Morgan fingerprint density at radius 3 is 2.82 bits per heavy atom. The zero-order valence-corrected chi connectivity index (χ0v) is 6.03. The zero-order valence-electron chi connectivity index (χ0n) is 6.03. The number of aromatic nitrogens is 1. The Morgan fingerprint density at radius 1 is 1.73 bits per heavy atom. The molecule has 0 unspecified atom stereocenters. The van der Waals surface area contributed by atoms with Crippen molar-refractivity contribution in [3.63, 3.8) is 0 Å². The van der Waals surface area contributed by atoms with Gasteiger partial charge in [-0.25, -0.2) is 4.98 Å². The molecule has 0 aliphatic carbocycles. The highest BCUT2D eigenvalue weighted by Gasteiger charge is 2.05. The first-order valence-corrected chi connectivity index (χ1v) is 3.06. The fourth-order valence-corrected chi connectivity index (χ4v) is 0.818. The maximum atomic E-state index is 10.6. The second-order valence-corrected chi connectivity index (χ2v) is 2.22. The molecule has 0 atom stereocenters. The number of carbonyl (C=O) groups excluding carboxylic acids is 1. The average molecular weight is 152 g/mol. The summed E-state index contributed by atoms with van der Waals surface area (Å²) in [5.41, 5.74) is 5.76. The van der Waals surface area contributed by atoms with Crippen LogP contribution in [0.4, 0.5) is 0 Å². The van der Waals surface area contributed by atoms with Crippen LogP contribution in [-0.2, 0) is 0 Å². The molecule has 0 saturated heterocycles. The summed E-state index contributed by atoms with van der Waals surface area (Å²) in [6.45, 7) is 1.66. The molecule has 0 aromatic carbocycles. The van der Waals surface area contributed by atoms with Crippen molar-refractivity contribution in [3.8, 4) is 5.75 Å². The molecule has 1 aromatic heterocycles. The lowest BCUT2D eigenvalue weighted by Gasteiger charge is -1.99. The van der Waals surface area contributed by atoms with Crippen LogP contribution in [0.25, 0.3) is 0 Å². The molecule has 58 valence electrons. The highest BCUT2D eigenvalue weighted by atomic mass is 16.3. The van der Waals surface area contributed by atoms with Gasteiger partial charge < -0.3 is 10.8 Å². The maximum absolute atomic E-state index is 10.6. The smallest absolute Gasteiger partial charge is 0.267 e. The molecule has 0 spiro atoms. The predicted molar refractivity (Wildman–Crippen MR) is 39.2 cm³/mol. The first-order chi connectivity index (χ1) is 5.11. The lowest BCUT2D eigenvalue weighted by Crippen LogP contribution is -2.14. The molecular formula is C7H8N2O2. The topological polar surface area (TPSA) is 76.2 Å². The third-order valence-corrected chi connectivity index (χ3v) is 1.30. The van der Waals surface area contributed by atoms with Crippen LogP contribution in [-0.4, -0.2) is 16.0 Å². The van der Waals surface area contributed by atoms with Crippen molar-refractivity contribution in [1.29, 1.82) is 0 Å². The van der Waals surface area contributed by atoms with E-state index in [1.54, 1.807) is 6.92 Å². The van der Waals surface area contributed by atoms with E-state index in [2.05, 4.69) is 4.98 Å². The van der Waals surface area contributed by atoms with Gasteiger partial charge >= 0.3 is 0 Å². The third-order valence-electron chi connectivity index (χ3n) is 1.30. The number of rotatable bonds is 1. The monoisotopic (exact) mass is 152 g/mol. The van der Waals surface area contributed by atoms with E-state index in [4.69, 9.17) is 10.8 Å². The van der Waals surface area contributed by atoms with Gasteiger partial charge in [-0.05, 0) is 18.6 Å². The fourth-order valence-electron chi connectivity index (χ4n) is 0.818. The third kappa shape index (κ3) is 1.46. The largest absolute Gasteiger partial charge is 0.506 e. The maximum Gasteiger partial charge on any atom is 0.267 e. The van der Waals surface area contributed by atoms with Gasteiger partial charge in [0.2, 0.25) is 0 Å². The van der Waals surface area contributed by atoms with E-state index in [9.17, 15) is 4.79 Å². The number of aromatic hydroxyl groups is 1. The summed E-state index contributed by atoms with van der Waals surface area (Å²) in [5.74, 6) is -0.546. The van der Waals surface area contributed by atoms with Crippen molar-refractivity contribution in [2.75, 3.05) is 0 Å². The van der Waals surface area contributed by atoms with Gasteiger partial charge in [0.1, 0.15) is 11.4 Å². The van der Waals surface area contributed by atoms with Crippen LogP contribution in [0.3, 0.4) is 0 Å². The molecule has 4 heteroatoms. The SMILES string of the molecule is Cc1cc(O)cnc1C(N)=O. The number of nitrogens with zero attached hydrogens (tertiary/aromatic N) is 1. The fraction of sp³-hybridized carbons (Fsp3) is 0.143. The molecule has 4 nitrogen and oxygen atoms in total. The van der Waals surface area contributed by atoms with Gasteiger partial charge in [0.15, 0.2) is 0 Å². The minimum absolute atomic E-state index is 0.0347. The van der Waals surface area contributed by atoms with Gasteiger partial charge in [-0.2, -0.15) is 0 Å². The molecule has 3 N–H and O–H groups in total. The summed E-state index contributed by atoms with van der Waals surface area (Å²) >= 11 is 0. The molecule has 0 aliphatic heterocycles. The number of pyridine rings is 1. The summed E-state index contributed by atoms with van der Waals surface area (Å²) in [6, 6.07) is 1.44. The van der Waals surface area contributed by atoms with Crippen LogP contribution in [0.2, 0.25) is 0 Å². The van der Waals surface area contributed by atoms with Crippen molar-refractivity contribution in [2.24, 2.45) is 5.73 Å². The molecule has 1 rings (SSSR count). The van der Waals surface area contributed by atoms with Gasteiger partial charge in [-0.3, -0.25) is 4.79 Å². The first-order valence-electron chi connectivity index (χ1n) is 3.06. The molecule has 0 radical (unpaired) electrons. The molecule has 11 heavy (non-hydrogen) atoms. The van der Waals surface area contributed by atoms with Crippen LogP contribution in [0.15, 0.2) is 12.3 Å². The number of hydrogen-bond acceptors (Lipinski definition) is 3. The number of amides is 1. The van der Waals surface area contributed by atoms with E-state index in [0.717, 1.165) is 0 Å². The standard InChI is InChI=1S/C7H8N2O2/c1-4-2-5(10)3-9-6(4)7(8)11/h2-3,10H,1H3,(H2,8,11). The first kappa shape index (κ1) is 7.53. The number of aryl methyl sites for hydroxylation is 1. The Kier molecular flexibility index (Phi) is 1.76. The second-order valence-electron chi connectivity index (χ2n) is 2.22. The van der Waals surface area contributed by atoms with Gasteiger partial charge in [0.05, 0.1) is 6.20 Å². The Balaban J connectivity index is 3.20. The van der Waals surface area contributed by atoms with Crippen LogP contribution in [0.1, 0.15) is 16.1 Å². The summed E-state index contributed by atoms with van der Waals surface area (Å²) in [6.07, 6.45) is 1.19. The summed E-state index contributed by atoms with van der Waals surface area (Å²) in [4.78, 5) is 14.3. The minimum Gasteiger partial charge on any atom is -0.506 e. The quantitative estimate of drug-likeness (QED) is 0.603. The van der Waals surface area contributed by atoms with Gasteiger partial charge in [0, 0.05) is 0 Å². The van der Waals surface area contributed by atoms with Crippen molar-refractivity contribution in [3.05, 3.63) is 23.5 Å². The van der Waals surface area contributed by atoms with E-state index >= 15 is 0 Å². The van der Waals surface area contributed by atoms with Crippen molar-refractivity contribution in [2.45, 2.75) is 6.92 Å². The van der Waals surface area contributed by atoms with Crippen LogP contribution >= 0.6 is 0 Å². The normalized spacial score (nSPS) is 9.55. The summed E-state index contributed by atoms with van der Waals surface area (Å²) < 4.78 is 0. The van der Waals surface area contributed by atoms with E-state index < -0.39 is 5.91 Å². The number of hydrogen-bond donors (Lipinski definition) is 2. The van der Waals surface area contributed by atoms with Gasteiger partial charge in [-0.1, -0.05) is 0 Å².